The highest BCUT2D eigenvalue weighted by Gasteiger charge is 2.35. The summed E-state index contributed by atoms with van der Waals surface area (Å²) in [5.74, 6) is -0.353. The van der Waals surface area contributed by atoms with Gasteiger partial charge in [0.1, 0.15) is 34.4 Å². The smallest absolute Gasteiger partial charge is 0.419 e. The van der Waals surface area contributed by atoms with Gasteiger partial charge in [0.25, 0.3) is 0 Å². The molecule has 0 bridgehead atoms. The van der Waals surface area contributed by atoms with Gasteiger partial charge in [-0.1, -0.05) is 11.6 Å². The van der Waals surface area contributed by atoms with Gasteiger partial charge in [0.2, 0.25) is 11.4 Å². The monoisotopic (exact) mass is 550 g/mol. The molecule has 2 heterocycles. The number of benzene rings is 1. The first kappa shape index (κ1) is 29.0. The van der Waals surface area contributed by atoms with E-state index in [4.69, 9.17) is 38.3 Å². The fourth-order valence-electron chi connectivity index (χ4n) is 2.96. The molecule has 0 spiro atoms. The number of nitrogens with two attached hydrogens (primary N) is 2. The average Bonchev–Trinajstić information content (AvgIpc) is 2.82. The van der Waals surface area contributed by atoms with Crippen LogP contribution in [0.4, 0.5) is 35.9 Å². The van der Waals surface area contributed by atoms with Crippen molar-refractivity contribution in [3.63, 3.8) is 0 Å². The fraction of sp³-hybridized carbons (Fsp3) is 0.143. The zero-order valence-electron chi connectivity index (χ0n) is 19.0. The number of rotatable bonds is 5. The van der Waals surface area contributed by atoms with Gasteiger partial charge >= 0.3 is 17.6 Å². The number of alkyl halides is 3. The Labute approximate surface area is 215 Å². The van der Waals surface area contributed by atoms with Gasteiger partial charge in [-0.05, 0) is 31.2 Å². The third-order valence-electron chi connectivity index (χ3n) is 4.47. The second kappa shape index (κ2) is 11.7. The van der Waals surface area contributed by atoms with E-state index < -0.39 is 38.7 Å². The minimum absolute atomic E-state index is 0.00567. The number of nitriles is 2. The summed E-state index contributed by atoms with van der Waals surface area (Å²) in [7, 11) is 0. The first-order chi connectivity index (χ1) is 17.7. The Morgan fingerprint density at radius 3 is 2.00 bits per heavy atom. The molecule has 196 valence electrons. The van der Waals surface area contributed by atoms with Gasteiger partial charge in [0, 0.05) is 11.6 Å². The lowest BCUT2D eigenvalue weighted by atomic mass is 10.0. The van der Waals surface area contributed by atoms with Gasteiger partial charge in [-0.3, -0.25) is 20.2 Å². The molecule has 0 aliphatic heterocycles. The minimum atomic E-state index is -4.68. The summed E-state index contributed by atoms with van der Waals surface area (Å²) in [5.41, 5.74) is 7.03. The lowest BCUT2D eigenvalue weighted by molar-refractivity contribution is -0.384. The lowest BCUT2D eigenvalue weighted by Gasteiger charge is -2.14. The third-order valence-corrected chi connectivity index (χ3v) is 4.66. The van der Waals surface area contributed by atoms with Crippen LogP contribution < -0.4 is 16.2 Å². The maximum absolute atomic E-state index is 13.2. The molecule has 0 amide bonds. The number of nitrogens with zero attached hydrogens (tertiary/aromatic N) is 6. The molecule has 3 aromatic rings. The number of halogens is 4. The van der Waals surface area contributed by atoms with Gasteiger partial charge in [-0.25, -0.2) is 9.97 Å². The van der Waals surface area contributed by atoms with Crippen LogP contribution >= 0.6 is 11.6 Å². The summed E-state index contributed by atoms with van der Waals surface area (Å²) in [4.78, 5) is 26.9. The summed E-state index contributed by atoms with van der Waals surface area (Å²) >= 11 is 5.44. The molecule has 0 unspecified atom stereocenters. The molecule has 4 N–H and O–H groups in total. The standard InChI is InChI=1S/C15H11F3N4O3.C6H3ClN4O2/c1-2-25-13-4-3-8(5-9(13)15(16,17)18)11-6-10(20)14(22(23)24)12(7-19)21-11;7-5-1-3(9)6(11(12)13)4(2-8)10-5/h3-6H,2H2,1H3,(H2,20,21);1H,(H2,9,10). The summed E-state index contributed by atoms with van der Waals surface area (Å²) in [6, 6.07) is 8.45. The highest BCUT2D eigenvalue weighted by atomic mass is 35.5. The molecule has 17 heteroatoms. The zero-order chi connectivity index (χ0) is 28.8. The Morgan fingerprint density at radius 1 is 1.00 bits per heavy atom. The number of hydrogen-bond donors (Lipinski definition) is 2. The van der Waals surface area contributed by atoms with Crippen LogP contribution in [0.1, 0.15) is 23.9 Å². The molecule has 0 fully saturated rings. The van der Waals surface area contributed by atoms with Gasteiger partial charge in [-0.15, -0.1) is 0 Å². The van der Waals surface area contributed by atoms with Gasteiger partial charge in [0.05, 0.1) is 27.7 Å². The van der Waals surface area contributed by atoms with E-state index in [0.717, 1.165) is 24.3 Å². The normalized spacial score (nSPS) is 10.4. The molecular weight excluding hydrogens is 537 g/mol. The van der Waals surface area contributed by atoms with Crippen LogP contribution in [-0.4, -0.2) is 26.4 Å². The summed E-state index contributed by atoms with van der Waals surface area (Å²) in [6.07, 6.45) is -4.68. The van der Waals surface area contributed by atoms with Gasteiger partial charge in [-0.2, -0.15) is 23.7 Å². The van der Waals surface area contributed by atoms with Crippen molar-refractivity contribution in [1.82, 2.24) is 9.97 Å². The molecule has 0 radical (unpaired) electrons. The van der Waals surface area contributed by atoms with E-state index in [0.29, 0.717) is 0 Å². The molecule has 3 rings (SSSR count). The van der Waals surface area contributed by atoms with Crippen molar-refractivity contribution in [3.05, 3.63) is 72.7 Å². The van der Waals surface area contributed by atoms with Crippen molar-refractivity contribution in [2.75, 3.05) is 18.1 Å². The molecule has 0 aliphatic carbocycles. The first-order valence-corrected chi connectivity index (χ1v) is 10.3. The van der Waals surface area contributed by atoms with Crippen molar-refractivity contribution in [2.45, 2.75) is 13.1 Å². The van der Waals surface area contributed by atoms with Crippen molar-refractivity contribution >= 4 is 34.4 Å². The highest BCUT2D eigenvalue weighted by Crippen LogP contribution is 2.39. The van der Waals surface area contributed by atoms with Crippen molar-refractivity contribution in [3.8, 4) is 29.1 Å². The number of pyridine rings is 2. The minimum Gasteiger partial charge on any atom is -0.493 e. The lowest BCUT2D eigenvalue weighted by Crippen LogP contribution is -2.09. The third kappa shape index (κ3) is 6.50. The molecule has 0 aliphatic rings. The second-order valence-corrected chi connectivity index (χ2v) is 7.29. The highest BCUT2D eigenvalue weighted by molar-refractivity contribution is 6.29. The number of ether oxygens (including phenoxy) is 1. The van der Waals surface area contributed by atoms with Crippen molar-refractivity contribution in [2.24, 2.45) is 0 Å². The predicted molar refractivity (Wildman–Crippen MR) is 127 cm³/mol. The molecule has 0 saturated heterocycles. The first-order valence-electron chi connectivity index (χ1n) is 9.95. The topological polar surface area (TPSA) is 221 Å². The number of nitro groups is 2. The quantitative estimate of drug-likeness (QED) is 0.253. The summed E-state index contributed by atoms with van der Waals surface area (Å²) in [6.45, 7) is 1.59. The largest absolute Gasteiger partial charge is 0.493 e. The Morgan fingerprint density at radius 2 is 1.53 bits per heavy atom. The molecule has 0 atom stereocenters. The van der Waals surface area contributed by atoms with E-state index in [1.807, 2.05) is 0 Å². The van der Waals surface area contributed by atoms with Crippen LogP contribution in [0.3, 0.4) is 0 Å². The Kier molecular flexibility index (Phi) is 8.91. The van der Waals surface area contributed by atoms with Crippen LogP contribution in [0.5, 0.6) is 5.75 Å². The van der Waals surface area contributed by atoms with Crippen LogP contribution in [0.2, 0.25) is 5.15 Å². The van der Waals surface area contributed by atoms with Crippen molar-refractivity contribution in [1.29, 1.82) is 10.5 Å². The van der Waals surface area contributed by atoms with Gasteiger partial charge in [0.15, 0.2) is 0 Å². The SMILES string of the molecule is CCOc1ccc(-c2cc(N)c([N+](=O)[O-])c(C#N)n2)cc1C(F)(F)F.N#Cc1nc(Cl)cc(N)c1[N+](=O)[O-]. The predicted octanol–water partition coefficient (Wildman–Crippen LogP) is 4.63. The van der Waals surface area contributed by atoms with E-state index in [1.165, 1.54) is 12.1 Å². The maximum Gasteiger partial charge on any atom is 0.419 e. The zero-order valence-corrected chi connectivity index (χ0v) is 19.7. The Balaban J connectivity index is 0.000000328. The summed E-state index contributed by atoms with van der Waals surface area (Å²) < 4.78 is 44.6. The van der Waals surface area contributed by atoms with E-state index in [9.17, 15) is 33.4 Å². The van der Waals surface area contributed by atoms with E-state index in [2.05, 4.69) is 9.97 Å². The van der Waals surface area contributed by atoms with E-state index >= 15 is 0 Å². The van der Waals surface area contributed by atoms with E-state index in [-0.39, 0.29) is 45.8 Å². The number of anilines is 2. The molecule has 38 heavy (non-hydrogen) atoms. The average molecular weight is 551 g/mol. The molecule has 13 nitrogen and oxygen atoms in total. The number of nitrogen functional groups attached to an aromatic ring is 2. The Bertz CT molecular complexity index is 1500. The molecule has 0 saturated carbocycles. The fourth-order valence-corrected chi connectivity index (χ4v) is 3.17. The maximum atomic E-state index is 13.2. The second-order valence-electron chi connectivity index (χ2n) is 6.90. The molecular formula is C21H14ClF3N8O5. The van der Waals surface area contributed by atoms with Crippen LogP contribution in [0.25, 0.3) is 11.3 Å². The van der Waals surface area contributed by atoms with Crippen LogP contribution in [-0.2, 0) is 6.18 Å². The van der Waals surface area contributed by atoms with Crippen molar-refractivity contribution < 1.29 is 27.8 Å². The van der Waals surface area contributed by atoms with Gasteiger partial charge < -0.3 is 16.2 Å². The van der Waals surface area contributed by atoms with E-state index in [1.54, 1.807) is 13.0 Å². The summed E-state index contributed by atoms with van der Waals surface area (Å²) in [5, 5.41) is 38.8. The molecule has 2 aromatic heterocycles. The molecule has 1 aromatic carbocycles. The number of aromatic nitrogens is 2. The van der Waals surface area contributed by atoms with Crippen LogP contribution in [0.15, 0.2) is 30.3 Å². The Hall–Kier alpha value is -5.22. The number of hydrogen-bond acceptors (Lipinski definition) is 11. The van der Waals surface area contributed by atoms with Crippen LogP contribution in [0, 0.1) is 42.9 Å².